The zero-order valence-corrected chi connectivity index (χ0v) is 21.6. The Kier molecular flexibility index (Phi) is 9.28. The van der Waals surface area contributed by atoms with Crippen molar-refractivity contribution in [2.24, 2.45) is 15.9 Å². The lowest BCUT2D eigenvalue weighted by atomic mass is 9.95. The van der Waals surface area contributed by atoms with E-state index in [-0.39, 0.29) is 23.0 Å². The molecular formula is C25H30BrN3O2S. The Hall–Kier alpha value is -2.38. The number of hydrogen-bond donors (Lipinski definition) is 1. The number of halogens is 1. The molecule has 1 unspecified atom stereocenters. The molecule has 0 aliphatic heterocycles. The monoisotopic (exact) mass is 515 g/mol. The van der Waals surface area contributed by atoms with Gasteiger partial charge in [-0.15, -0.1) is 11.3 Å². The van der Waals surface area contributed by atoms with Crippen molar-refractivity contribution in [1.29, 1.82) is 0 Å². The molecule has 0 saturated carbocycles. The highest BCUT2D eigenvalue weighted by atomic mass is 79.9. The predicted molar refractivity (Wildman–Crippen MR) is 138 cm³/mol. The van der Waals surface area contributed by atoms with E-state index >= 15 is 0 Å². The van der Waals surface area contributed by atoms with Gasteiger partial charge in [-0.3, -0.25) is 9.59 Å². The Bertz CT molecular complexity index is 1030. The average molecular weight is 517 g/mol. The van der Waals surface area contributed by atoms with Crippen LogP contribution in [0.4, 0.5) is 0 Å². The Labute approximate surface area is 202 Å². The van der Waals surface area contributed by atoms with Crippen molar-refractivity contribution in [3.63, 3.8) is 0 Å². The Morgan fingerprint density at radius 1 is 1.16 bits per heavy atom. The topological polar surface area (TPSA) is 70.9 Å². The fraction of sp³-hybridized carbons (Fsp3) is 0.360. The second-order valence-electron chi connectivity index (χ2n) is 8.66. The number of aliphatic imine (C=N–C) groups is 2. The number of hydrogen-bond acceptors (Lipinski definition) is 4. The molecule has 170 valence electrons. The van der Waals surface area contributed by atoms with Crippen LogP contribution in [0, 0.1) is 5.92 Å². The number of nitrogens with zero attached hydrogens (tertiary/aromatic N) is 2. The summed E-state index contributed by atoms with van der Waals surface area (Å²) in [6, 6.07) is 11.6. The van der Waals surface area contributed by atoms with Crippen molar-refractivity contribution in [2.45, 2.75) is 46.5 Å². The van der Waals surface area contributed by atoms with E-state index in [2.05, 4.69) is 58.7 Å². The first kappa shape index (κ1) is 25.9. The van der Waals surface area contributed by atoms with Crippen molar-refractivity contribution >= 4 is 51.5 Å². The largest absolute Gasteiger partial charge is 0.351 e. The highest BCUT2D eigenvalue weighted by molar-refractivity contribution is 9.11. The number of carbonyl (C=O) groups is 2. The Balaban J connectivity index is 2.04. The van der Waals surface area contributed by atoms with E-state index in [1.165, 1.54) is 11.3 Å². The standard InChI is InChI=1S/C25H30BrN3O2S/c1-16(26)14-28-23(27-6)19-9-7-18(8-10-19)13-20(17(2)30)15-29-24(31)21-11-12-22(32-21)25(3,4)5/h7-12,14,20H,6,13,15H2,1-5H3,(H,29,31)/b16-14+,28-23?. The van der Waals surface area contributed by atoms with Crippen LogP contribution in [0.2, 0.25) is 0 Å². The molecule has 0 radical (unpaired) electrons. The van der Waals surface area contributed by atoms with Gasteiger partial charge in [-0.1, -0.05) is 61.0 Å². The highest BCUT2D eigenvalue weighted by Gasteiger charge is 2.20. The van der Waals surface area contributed by atoms with Gasteiger partial charge in [0.05, 0.1) is 4.88 Å². The molecule has 32 heavy (non-hydrogen) atoms. The summed E-state index contributed by atoms with van der Waals surface area (Å²) < 4.78 is 0.888. The second kappa shape index (κ2) is 11.5. The number of rotatable bonds is 8. The summed E-state index contributed by atoms with van der Waals surface area (Å²) in [7, 11) is 0. The minimum absolute atomic E-state index is 0.00624. The van der Waals surface area contributed by atoms with Crippen molar-refractivity contribution in [3.05, 3.63) is 68.0 Å². The van der Waals surface area contributed by atoms with Gasteiger partial charge in [-0.05, 0) is 50.1 Å². The van der Waals surface area contributed by atoms with Gasteiger partial charge in [0, 0.05) is 33.6 Å². The van der Waals surface area contributed by atoms with E-state index in [0.717, 1.165) is 20.5 Å². The minimum Gasteiger partial charge on any atom is -0.351 e. The van der Waals surface area contributed by atoms with Gasteiger partial charge < -0.3 is 5.32 Å². The van der Waals surface area contributed by atoms with Crippen molar-refractivity contribution in [3.8, 4) is 0 Å². The lowest BCUT2D eigenvalue weighted by Gasteiger charge is -2.16. The number of amides is 1. The zero-order chi connectivity index (χ0) is 23.9. The van der Waals surface area contributed by atoms with E-state index in [4.69, 9.17) is 0 Å². The van der Waals surface area contributed by atoms with Gasteiger partial charge in [0.15, 0.2) is 5.84 Å². The number of benzene rings is 1. The van der Waals surface area contributed by atoms with E-state index in [1.54, 1.807) is 13.1 Å². The number of thiophene rings is 1. The predicted octanol–water partition coefficient (Wildman–Crippen LogP) is 5.93. The van der Waals surface area contributed by atoms with Crippen molar-refractivity contribution in [2.75, 3.05) is 6.54 Å². The molecule has 0 fully saturated rings. The number of amidine groups is 1. The van der Waals surface area contributed by atoms with Gasteiger partial charge in [0.25, 0.3) is 5.91 Å². The number of carbonyl (C=O) groups excluding carboxylic acids is 2. The van der Waals surface area contributed by atoms with Crippen LogP contribution in [0.5, 0.6) is 0 Å². The quantitative estimate of drug-likeness (QED) is 0.349. The molecule has 1 heterocycles. The maximum Gasteiger partial charge on any atom is 0.261 e. The summed E-state index contributed by atoms with van der Waals surface area (Å²) in [6.45, 7) is 13.7. The first-order valence-electron chi connectivity index (χ1n) is 10.4. The minimum atomic E-state index is -0.295. The molecule has 0 saturated heterocycles. The van der Waals surface area contributed by atoms with Crippen LogP contribution in [0.3, 0.4) is 0 Å². The smallest absolute Gasteiger partial charge is 0.261 e. The van der Waals surface area contributed by atoms with Crippen LogP contribution in [0.25, 0.3) is 0 Å². The first-order chi connectivity index (χ1) is 15.0. The number of ketones is 1. The molecule has 1 amide bonds. The highest BCUT2D eigenvalue weighted by Crippen LogP contribution is 2.29. The third-order valence-corrected chi connectivity index (χ3v) is 6.58. The van der Waals surface area contributed by atoms with Crippen LogP contribution in [-0.4, -0.2) is 30.8 Å². The average Bonchev–Trinajstić information content (AvgIpc) is 3.23. The Morgan fingerprint density at radius 2 is 1.81 bits per heavy atom. The third kappa shape index (κ3) is 7.64. The van der Waals surface area contributed by atoms with Crippen LogP contribution in [-0.2, 0) is 16.6 Å². The van der Waals surface area contributed by atoms with E-state index < -0.39 is 0 Å². The van der Waals surface area contributed by atoms with Crippen LogP contribution >= 0.6 is 27.3 Å². The molecule has 2 aromatic rings. The van der Waals surface area contributed by atoms with Gasteiger partial charge in [-0.2, -0.15) is 0 Å². The summed E-state index contributed by atoms with van der Waals surface area (Å²) in [5.41, 5.74) is 1.85. The molecule has 0 aliphatic carbocycles. The molecule has 0 aliphatic rings. The summed E-state index contributed by atoms with van der Waals surface area (Å²) in [5.74, 6) is 0.136. The number of Topliss-reactive ketones (excluding diaryl/α,β-unsaturated/α-hetero) is 1. The molecular weight excluding hydrogens is 486 g/mol. The maximum atomic E-state index is 12.6. The maximum absolute atomic E-state index is 12.6. The molecule has 1 atom stereocenters. The SMILES string of the molecule is C=NC(=N/C=C(\C)Br)c1ccc(CC(CNC(=O)c2ccc(C(C)(C)C)s2)C(C)=O)cc1. The summed E-state index contributed by atoms with van der Waals surface area (Å²) in [6.07, 6.45) is 2.21. The molecule has 5 nitrogen and oxygen atoms in total. The van der Waals surface area contributed by atoms with E-state index in [9.17, 15) is 9.59 Å². The van der Waals surface area contributed by atoms with Crippen LogP contribution < -0.4 is 5.32 Å². The zero-order valence-electron chi connectivity index (χ0n) is 19.2. The fourth-order valence-electron chi connectivity index (χ4n) is 2.96. The first-order valence-corrected chi connectivity index (χ1v) is 12.0. The molecule has 0 spiro atoms. The van der Waals surface area contributed by atoms with Crippen LogP contribution in [0.15, 0.2) is 57.1 Å². The summed E-state index contributed by atoms with van der Waals surface area (Å²) in [4.78, 5) is 34.9. The van der Waals surface area contributed by atoms with Gasteiger partial charge in [0.2, 0.25) is 0 Å². The lowest BCUT2D eigenvalue weighted by Crippen LogP contribution is -2.33. The van der Waals surface area contributed by atoms with Gasteiger partial charge >= 0.3 is 0 Å². The van der Waals surface area contributed by atoms with Crippen molar-refractivity contribution in [1.82, 2.24) is 5.32 Å². The van der Waals surface area contributed by atoms with Crippen molar-refractivity contribution < 1.29 is 9.59 Å². The Morgan fingerprint density at radius 3 is 2.31 bits per heavy atom. The van der Waals surface area contributed by atoms with E-state index in [1.807, 2.05) is 43.3 Å². The number of nitrogens with one attached hydrogen (secondary N) is 1. The lowest BCUT2D eigenvalue weighted by molar-refractivity contribution is -0.120. The van der Waals surface area contributed by atoms with Gasteiger partial charge in [-0.25, -0.2) is 9.98 Å². The molecule has 1 N–H and O–H groups in total. The molecule has 1 aromatic heterocycles. The second-order valence-corrected chi connectivity index (χ2v) is 11.0. The summed E-state index contributed by atoms with van der Waals surface area (Å²) in [5, 5.41) is 2.93. The third-order valence-electron chi connectivity index (χ3n) is 4.86. The molecule has 0 bridgehead atoms. The fourth-order valence-corrected chi connectivity index (χ4v) is 4.04. The molecule has 1 aromatic carbocycles. The number of allylic oxidation sites excluding steroid dienone is 1. The molecule has 7 heteroatoms. The summed E-state index contributed by atoms with van der Waals surface area (Å²) >= 11 is 4.83. The van der Waals surface area contributed by atoms with E-state index in [0.29, 0.717) is 23.7 Å². The normalized spacial score (nSPS) is 13.6. The van der Waals surface area contributed by atoms with Gasteiger partial charge in [0.1, 0.15) is 5.78 Å². The molecule has 2 rings (SSSR count). The van der Waals surface area contributed by atoms with Crippen LogP contribution in [0.1, 0.15) is 60.3 Å².